The summed E-state index contributed by atoms with van der Waals surface area (Å²) in [4.78, 5) is 28.6. The second-order valence-corrected chi connectivity index (χ2v) is 7.53. The molecule has 6 heteroatoms. The van der Waals surface area contributed by atoms with Gasteiger partial charge >= 0.3 is 0 Å². The first-order valence-corrected chi connectivity index (χ1v) is 9.16. The zero-order valence-electron chi connectivity index (χ0n) is 14.2. The third-order valence-corrected chi connectivity index (χ3v) is 6.06. The Morgan fingerprint density at radius 3 is 2.59 bits per heavy atom. The van der Waals surface area contributed by atoms with Crippen molar-refractivity contribution < 1.29 is 14.5 Å². The molecule has 2 fully saturated rings. The molecule has 3 heterocycles. The summed E-state index contributed by atoms with van der Waals surface area (Å²) in [6.45, 7) is 0. The van der Waals surface area contributed by atoms with Gasteiger partial charge in [0, 0.05) is 10.6 Å². The van der Waals surface area contributed by atoms with Gasteiger partial charge in [0.2, 0.25) is 11.8 Å². The van der Waals surface area contributed by atoms with Gasteiger partial charge in [0.1, 0.15) is 23.9 Å². The highest BCUT2D eigenvalue weighted by Gasteiger charge is 2.66. The zero-order chi connectivity index (χ0) is 18.7. The Labute approximate surface area is 161 Å². The number of carbonyl (C=O) groups is 2. The molecule has 0 spiro atoms. The first-order chi connectivity index (χ1) is 13.1. The molecule has 2 aromatic carbocycles. The quantitative estimate of drug-likeness (QED) is 0.774. The number of benzene rings is 2. The fourth-order valence-electron chi connectivity index (χ4n) is 4.76. The van der Waals surface area contributed by atoms with E-state index >= 15 is 0 Å². The highest BCUT2D eigenvalue weighted by atomic mass is 35.5. The number of quaternary nitrogens is 1. The van der Waals surface area contributed by atoms with Crippen molar-refractivity contribution in [1.82, 2.24) is 0 Å². The van der Waals surface area contributed by atoms with E-state index < -0.39 is 17.9 Å². The average Bonchev–Trinajstić information content (AvgIpc) is 3.14. The Balaban J connectivity index is 1.65. The molecule has 2 aromatic rings. The van der Waals surface area contributed by atoms with Gasteiger partial charge in [-0.15, -0.1) is 0 Å². The lowest BCUT2D eigenvalue weighted by Crippen LogP contribution is -3.10. The van der Waals surface area contributed by atoms with Crippen LogP contribution in [-0.2, 0) is 9.59 Å². The molecule has 132 valence electrons. The fourth-order valence-corrected chi connectivity index (χ4v) is 4.94. The maximum absolute atomic E-state index is 13.4. The van der Waals surface area contributed by atoms with E-state index in [0.29, 0.717) is 10.7 Å². The molecule has 0 saturated carbocycles. The van der Waals surface area contributed by atoms with Crippen LogP contribution < -0.4 is 9.80 Å². The minimum absolute atomic E-state index is 0.235. The van der Waals surface area contributed by atoms with Crippen LogP contribution in [0.25, 0.3) is 6.08 Å². The van der Waals surface area contributed by atoms with Gasteiger partial charge < -0.3 is 0 Å². The van der Waals surface area contributed by atoms with Gasteiger partial charge in [0.25, 0.3) is 0 Å². The number of carbonyl (C=O) groups excluding carboxylic acids is 2. The minimum atomic E-state index is -0.655. The standard InChI is InChI=1S/C21H14ClN3O2/c22-13-5-3-6-14(10-13)25-20(26)17-16(11-23)24-9-8-12-4-1-2-7-15(12)19(24)18(17)21(25)27/h1-10,16-19H/p+1/t16-,17-,18-,19+/m0/s1. The lowest BCUT2D eigenvalue weighted by Gasteiger charge is -2.28. The Morgan fingerprint density at radius 1 is 1.04 bits per heavy atom. The van der Waals surface area contributed by atoms with E-state index in [1.165, 1.54) is 4.90 Å². The Kier molecular flexibility index (Phi) is 3.48. The predicted octanol–water partition coefficient (Wildman–Crippen LogP) is 1.96. The molecule has 1 N–H and O–H groups in total. The zero-order valence-corrected chi connectivity index (χ0v) is 14.9. The van der Waals surface area contributed by atoms with E-state index in [1.807, 2.05) is 36.5 Å². The molecule has 3 aliphatic heterocycles. The number of hydrogen-bond acceptors (Lipinski definition) is 3. The number of imide groups is 1. The van der Waals surface area contributed by atoms with Crippen LogP contribution in [0.5, 0.6) is 0 Å². The number of nitriles is 1. The van der Waals surface area contributed by atoms with E-state index in [0.717, 1.165) is 16.0 Å². The molecule has 0 aromatic heterocycles. The number of hydrogen-bond donors (Lipinski definition) is 1. The van der Waals surface area contributed by atoms with Gasteiger partial charge in [-0.1, -0.05) is 41.9 Å². The van der Waals surface area contributed by atoms with Crippen molar-refractivity contribution in [3.05, 3.63) is 70.9 Å². The molecule has 0 aliphatic carbocycles. The van der Waals surface area contributed by atoms with Crippen LogP contribution in [0.15, 0.2) is 54.7 Å². The molecule has 5 rings (SSSR count). The lowest BCUT2D eigenvalue weighted by molar-refractivity contribution is -0.885. The highest BCUT2D eigenvalue weighted by molar-refractivity contribution is 6.31. The monoisotopic (exact) mass is 376 g/mol. The van der Waals surface area contributed by atoms with Crippen molar-refractivity contribution in [1.29, 1.82) is 5.26 Å². The summed E-state index contributed by atoms with van der Waals surface area (Å²) < 4.78 is 0. The van der Waals surface area contributed by atoms with Crippen molar-refractivity contribution in [2.75, 3.05) is 4.90 Å². The van der Waals surface area contributed by atoms with Crippen LogP contribution >= 0.6 is 11.6 Å². The first kappa shape index (κ1) is 16.2. The van der Waals surface area contributed by atoms with Crippen LogP contribution in [0, 0.1) is 23.2 Å². The summed E-state index contributed by atoms with van der Waals surface area (Å²) in [6, 6.07) is 16.0. The minimum Gasteiger partial charge on any atom is -0.287 e. The molecular formula is C21H15ClN3O2+. The summed E-state index contributed by atoms with van der Waals surface area (Å²) in [5.74, 6) is -1.77. The molecule has 0 bridgehead atoms. The van der Waals surface area contributed by atoms with E-state index in [1.54, 1.807) is 24.3 Å². The second-order valence-electron chi connectivity index (χ2n) is 7.09. The van der Waals surface area contributed by atoms with E-state index in [9.17, 15) is 14.9 Å². The van der Waals surface area contributed by atoms with Crippen molar-refractivity contribution in [2.45, 2.75) is 12.1 Å². The third kappa shape index (κ3) is 2.14. The largest absolute Gasteiger partial charge is 0.287 e. The second kappa shape index (κ2) is 5.78. The Hall–Kier alpha value is -2.94. The Bertz CT molecular complexity index is 1060. The maximum atomic E-state index is 13.4. The van der Waals surface area contributed by atoms with Gasteiger partial charge in [0.05, 0.1) is 11.9 Å². The van der Waals surface area contributed by atoms with Crippen LogP contribution in [0.2, 0.25) is 5.02 Å². The normalized spacial score (nSPS) is 30.7. The molecule has 5 atom stereocenters. The van der Waals surface area contributed by atoms with Crippen LogP contribution in [0.3, 0.4) is 0 Å². The molecule has 2 amide bonds. The van der Waals surface area contributed by atoms with Crippen molar-refractivity contribution in [3.8, 4) is 6.07 Å². The van der Waals surface area contributed by atoms with Crippen molar-refractivity contribution in [3.63, 3.8) is 0 Å². The number of halogens is 1. The number of nitrogens with zero attached hydrogens (tertiary/aromatic N) is 2. The molecule has 5 nitrogen and oxygen atoms in total. The summed E-state index contributed by atoms with van der Waals surface area (Å²) in [5.41, 5.74) is 2.51. The van der Waals surface area contributed by atoms with Gasteiger partial charge in [-0.25, -0.2) is 4.90 Å². The Morgan fingerprint density at radius 2 is 1.81 bits per heavy atom. The number of nitrogens with one attached hydrogen (secondary N) is 1. The highest BCUT2D eigenvalue weighted by Crippen LogP contribution is 2.44. The van der Waals surface area contributed by atoms with Gasteiger partial charge in [-0.05, 0) is 29.8 Å². The lowest BCUT2D eigenvalue weighted by atomic mass is 9.85. The molecule has 3 aliphatic rings. The fraction of sp³-hybridized carbons (Fsp3) is 0.190. The van der Waals surface area contributed by atoms with E-state index in [4.69, 9.17) is 11.6 Å². The van der Waals surface area contributed by atoms with Crippen molar-refractivity contribution >= 4 is 35.2 Å². The van der Waals surface area contributed by atoms with Crippen LogP contribution in [0.4, 0.5) is 5.69 Å². The maximum Gasteiger partial charge on any atom is 0.245 e. The predicted molar refractivity (Wildman–Crippen MR) is 99.5 cm³/mol. The summed E-state index contributed by atoms with van der Waals surface area (Å²) in [6.07, 6.45) is 3.89. The smallest absolute Gasteiger partial charge is 0.245 e. The number of rotatable bonds is 1. The SMILES string of the molecule is N#C[C@H]1[C@@H]2C(=O)N(c3cccc(Cl)c3)C(=O)[C@@H]2[C@H]2c3ccccc3C=C[NH+]21. The van der Waals surface area contributed by atoms with Gasteiger partial charge in [-0.2, -0.15) is 5.26 Å². The summed E-state index contributed by atoms with van der Waals surface area (Å²) in [5, 5.41) is 10.3. The first-order valence-electron chi connectivity index (χ1n) is 8.78. The van der Waals surface area contributed by atoms with Gasteiger partial charge in [0.15, 0.2) is 6.04 Å². The molecule has 2 saturated heterocycles. The number of amides is 2. The number of anilines is 1. The van der Waals surface area contributed by atoms with Gasteiger partial charge in [-0.3, -0.25) is 14.5 Å². The van der Waals surface area contributed by atoms with E-state index in [-0.39, 0.29) is 17.9 Å². The average molecular weight is 377 g/mol. The number of fused-ring (bicyclic) bond motifs is 5. The molecular weight excluding hydrogens is 362 g/mol. The topological polar surface area (TPSA) is 65.6 Å². The van der Waals surface area contributed by atoms with Crippen LogP contribution in [0.1, 0.15) is 17.2 Å². The molecule has 0 radical (unpaired) electrons. The summed E-state index contributed by atoms with van der Waals surface area (Å²) in [7, 11) is 0. The van der Waals surface area contributed by atoms with E-state index in [2.05, 4.69) is 6.07 Å². The molecule has 1 unspecified atom stereocenters. The summed E-state index contributed by atoms with van der Waals surface area (Å²) >= 11 is 6.06. The van der Waals surface area contributed by atoms with Crippen LogP contribution in [-0.4, -0.2) is 17.9 Å². The van der Waals surface area contributed by atoms with Crippen molar-refractivity contribution in [2.24, 2.45) is 11.8 Å². The third-order valence-electron chi connectivity index (χ3n) is 5.83. The molecule has 27 heavy (non-hydrogen) atoms.